The van der Waals surface area contributed by atoms with E-state index in [4.69, 9.17) is 10.5 Å². The Hall–Kier alpha value is -3.30. The Labute approximate surface area is 194 Å². The first-order valence-corrected chi connectivity index (χ1v) is 10.7. The van der Waals surface area contributed by atoms with Gasteiger partial charge in [-0.15, -0.1) is 0 Å². The maximum absolute atomic E-state index is 13.4. The molecule has 1 aromatic carbocycles. The number of nitrogens with zero attached hydrogens (tertiary/aromatic N) is 1. The van der Waals surface area contributed by atoms with E-state index in [-0.39, 0.29) is 24.2 Å². The highest BCUT2D eigenvalue weighted by atomic mass is 16.6. The minimum absolute atomic E-state index is 0.0911. The van der Waals surface area contributed by atoms with Crippen molar-refractivity contribution in [2.24, 2.45) is 5.73 Å². The zero-order chi connectivity index (χ0) is 25.6. The van der Waals surface area contributed by atoms with Crippen LogP contribution in [0, 0.1) is 0 Å². The summed E-state index contributed by atoms with van der Waals surface area (Å²) in [6, 6.07) is 3.79. The zero-order valence-corrected chi connectivity index (χ0v) is 20.4. The number of ether oxygens (including phenoxy) is 1. The third kappa shape index (κ3) is 9.38. The normalized spacial score (nSPS) is 13.4. The van der Waals surface area contributed by atoms with Gasteiger partial charge in [-0.05, 0) is 54.0 Å². The van der Waals surface area contributed by atoms with Crippen LogP contribution in [0.15, 0.2) is 24.3 Å². The fourth-order valence-electron chi connectivity index (χ4n) is 3.05. The summed E-state index contributed by atoms with van der Waals surface area (Å²) in [5.41, 5.74) is 4.03. The van der Waals surface area contributed by atoms with Crippen molar-refractivity contribution in [3.8, 4) is 5.75 Å². The van der Waals surface area contributed by atoms with E-state index < -0.39 is 47.0 Å². The lowest BCUT2D eigenvalue weighted by Gasteiger charge is -2.33. The Kier molecular flexibility index (Phi) is 9.26. The number of nitrogens with one attached hydrogen (secondary N) is 2. The molecular formula is C23H36N4O6. The molecule has 184 valence electrons. The van der Waals surface area contributed by atoms with Crippen LogP contribution in [0.2, 0.25) is 0 Å². The Morgan fingerprint density at radius 1 is 1.09 bits per heavy atom. The minimum Gasteiger partial charge on any atom is -0.508 e. The van der Waals surface area contributed by atoms with E-state index in [0.717, 1.165) is 4.90 Å². The first kappa shape index (κ1) is 27.7. The maximum atomic E-state index is 13.4. The Morgan fingerprint density at radius 2 is 1.67 bits per heavy atom. The zero-order valence-electron chi connectivity index (χ0n) is 20.4. The number of benzene rings is 1. The van der Waals surface area contributed by atoms with Gasteiger partial charge in [0.1, 0.15) is 23.4 Å². The largest absolute Gasteiger partial charge is 0.508 e. The number of hydrogen-bond acceptors (Lipinski definition) is 6. The molecule has 5 N–H and O–H groups in total. The summed E-state index contributed by atoms with van der Waals surface area (Å²) >= 11 is 0. The van der Waals surface area contributed by atoms with Gasteiger partial charge in [-0.2, -0.15) is 0 Å². The molecule has 0 aromatic heterocycles. The van der Waals surface area contributed by atoms with Crippen LogP contribution in [0.3, 0.4) is 0 Å². The van der Waals surface area contributed by atoms with E-state index in [9.17, 15) is 24.3 Å². The molecule has 0 fully saturated rings. The number of likely N-dealkylation sites (N-methyl/N-ethyl adjacent to an activating group) is 1. The Morgan fingerprint density at radius 3 is 2.15 bits per heavy atom. The van der Waals surface area contributed by atoms with E-state index in [1.165, 1.54) is 19.2 Å². The van der Waals surface area contributed by atoms with Crippen molar-refractivity contribution in [1.29, 1.82) is 0 Å². The summed E-state index contributed by atoms with van der Waals surface area (Å²) in [6.07, 6.45) is -1.11. The topological polar surface area (TPSA) is 151 Å². The van der Waals surface area contributed by atoms with E-state index in [1.54, 1.807) is 53.7 Å². The number of hydrogen-bond donors (Lipinski definition) is 4. The lowest BCUT2D eigenvalue weighted by Crippen LogP contribution is -2.53. The van der Waals surface area contributed by atoms with Gasteiger partial charge in [0.2, 0.25) is 17.7 Å². The third-order valence-corrected chi connectivity index (χ3v) is 4.38. The van der Waals surface area contributed by atoms with Crippen molar-refractivity contribution in [3.63, 3.8) is 0 Å². The van der Waals surface area contributed by atoms with Gasteiger partial charge in [-0.25, -0.2) is 4.79 Å². The fraction of sp³-hybridized carbons (Fsp3) is 0.565. The molecule has 2 atom stereocenters. The lowest BCUT2D eigenvalue weighted by molar-refractivity contribution is -0.141. The second-order valence-electron chi connectivity index (χ2n) is 9.85. The van der Waals surface area contributed by atoms with Gasteiger partial charge >= 0.3 is 6.09 Å². The maximum Gasteiger partial charge on any atom is 0.408 e. The van der Waals surface area contributed by atoms with Crippen molar-refractivity contribution in [1.82, 2.24) is 15.5 Å². The lowest BCUT2D eigenvalue weighted by atomic mass is 10.00. The van der Waals surface area contributed by atoms with Crippen LogP contribution in [0.25, 0.3) is 0 Å². The van der Waals surface area contributed by atoms with Crippen LogP contribution >= 0.6 is 0 Å². The van der Waals surface area contributed by atoms with Crippen LogP contribution < -0.4 is 16.4 Å². The van der Waals surface area contributed by atoms with Crippen LogP contribution in [-0.2, 0) is 19.1 Å². The molecule has 0 bridgehead atoms. The van der Waals surface area contributed by atoms with Crippen molar-refractivity contribution in [2.45, 2.75) is 77.6 Å². The van der Waals surface area contributed by atoms with E-state index >= 15 is 0 Å². The molecule has 0 spiro atoms. The molecule has 1 aromatic rings. The summed E-state index contributed by atoms with van der Waals surface area (Å²) in [4.78, 5) is 51.3. The standard InChI is InChI=1S/C23H36N4O6/c1-22(2,3)26-19(30)18(14-10-8-9-11-16(14)28)27(7)20(31)15(12-13-17(24)29)25-21(32)33-23(4,5)6/h8-11,15,18,28H,12-13H2,1-7H3,(H2,24,29)(H,25,32)(H,26,30). The van der Waals surface area contributed by atoms with Crippen molar-refractivity contribution in [2.75, 3.05) is 7.05 Å². The highest BCUT2D eigenvalue weighted by molar-refractivity contribution is 5.92. The van der Waals surface area contributed by atoms with E-state index in [2.05, 4.69) is 10.6 Å². The Balaban J connectivity index is 3.31. The number of alkyl carbamates (subject to hydrolysis) is 1. The number of aromatic hydroxyl groups is 1. The van der Waals surface area contributed by atoms with E-state index in [0.29, 0.717) is 0 Å². The fourth-order valence-corrected chi connectivity index (χ4v) is 3.05. The molecule has 33 heavy (non-hydrogen) atoms. The van der Waals surface area contributed by atoms with Crippen LogP contribution in [-0.4, -0.2) is 58.1 Å². The molecule has 0 aliphatic carbocycles. The van der Waals surface area contributed by atoms with Crippen molar-refractivity contribution < 1.29 is 29.0 Å². The van der Waals surface area contributed by atoms with E-state index in [1.807, 2.05) is 0 Å². The molecule has 0 saturated heterocycles. The van der Waals surface area contributed by atoms with Crippen LogP contribution in [0.1, 0.15) is 66.0 Å². The number of phenolic OH excluding ortho intramolecular Hbond substituents is 1. The third-order valence-electron chi connectivity index (χ3n) is 4.38. The summed E-state index contributed by atoms with van der Waals surface area (Å²) in [7, 11) is 1.38. The molecule has 2 unspecified atom stereocenters. The van der Waals surface area contributed by atoms with Gasteiger partial charge < -0.3 is 31.1 Å². The molecule has 4 amide bonds. The second kappa shape index (κ2) is 11.0. The molecule has 1 rings (SSSR count). The number of para-hydroxylation sites is 1. The predicted octanol–water partition coefficient (Wildman–Crippen LogP) is 1.97. The quantitative estimate of drug-likeness (QED) is 0.462. The number of phenols is 1. The molecule has 0 aliphatic rings. The number of carbonyl (C=O) groups excluding carboxylic acids is 4. The SMILES string of the molecule is CN(C(=O)C(CCC(N)=O)NC(=O)OC(C)(C)C)C(C(=O)NC(C)(C)C)c1ccccc1O. The highest BCUT2D eigenvalue weighted by Crippen LogP contribution is 2.29. The second-order valence-corrected chi connectivity index (χ2v) is 9.85. The summed E-state index contributed by atoms with van der Waals surface area (Å²) in [5.74, 6) is -1.99. The smallest absolute Gasteiger partial charge is 0.408 e. The van der Waals surface area contributed by atoms with Crippen molar-refractivity contribution in [3.05, 3.63) is 29.8 Å². The highest BCUT2D eigenvalue weighted by Gasteiger charge is 2.36. The van der Waals surface area contributed by atoms with Gasteiger partial charge in [0.25, 0.3) is 0 Å². The monoisotopic (exact) mass is 464 g/mol. The van der Waals surface area contributed by atoms with Crippen LogP contribution in [0.5, 0.6) is 5.75 Å². The summed E-state index contributed by atoms with van der Waals surface area (Å²) < 4.78 is 5.23. The average Bonchev–Trinajstić information content (AvgIpc) is 2.63. The molecule has 0 aliphatic heterocycles. The molecule has 0 heterocycles. The van der Waals surface area contributed by atoms with Gasteiger partial charge in [0.15, 0.2) is 0 Å². The first-order valence-electron chi connectivity index (χ1n) is 10.7. The molecule has 0 radical (unpaired) electrons. The first-order chi connectivity index (χ1) is 15.0. The number of nitrogens with two attached hydrogens (primary N) is 1. The van der Waals surface area contributed by atoms with Gasteiger partial charge in [-0.3, -0.25) is 14.4 Å². The van der Waals surface area contributed by atoms with Gasteiger partial charge in [-0.1, -0.05) is 18.2 Å². The molecule has 0 saturated carbocycles. The summed E-state index contributed by atoms with van der Waals surface area (Å²) in [6.45, 7) is 10.4. The average molecular weight is 465 g/mol. The number of rotatable bonds is 8. The Bertz CT molecular complexity index is 872. The minimum atomic E-state index is -1.20. The number of primary amides is 1. The summed E-state index contributed by atoms with van der Waals surface area (Å²) in [5, 5.41) is 15.7. The molecule has 10 heteroatoms. The van der Waals surface area contributed by atoms with Gasteiger partial charge in [0.05, 0.1) is 0 Å². The molecular weight excluding hydrogens is 428 g/mol. The molecule has 10 nitrogen and oxygen atoms in total. The number of carbonyl (C=O) groups is 4. The number of amides is 4. The van der Waals surface area contributed by atoms with Crippen molar-refractivity contribution >= 4 is 23.8 Å². The van der Waals surface area contributed by atoms with Crippen LogP contribution in [0.4, 0.5) is 4.79 Å². The predicted molar refractivity (Wildman–Crippen MR) is 123 cm³/mol. The van der Waals surface area contributed by atoms with Gasteiger partial charge in [0, 0.05) is 24.6 Å².